The van der Waals surface area contributed by atoms with Crippen LogP contribution in [-0.2, 0) is 16.1 Å². The molecule has 0 saturated carbocycles. The zero-order chi connectivity index (χ0) is 19.2. The standard InChI is InChI=1S/C21H18F2N2O2/c1-2-27-21(26)18(13-16-12-17(22)8-9-19(16)23)20-24-10-11-25(20)14-15-6-4-3-5-7-15/h3-13H,2,14H2,1H3/b18-13+. The molecule has 0 atom stereocenters. The quantitative estimate of drug-likeness (QED) is 0.481. The van der Waals surface area contributed by atoms with E-state index in [-0.39, 0.29) is 17.7 Å². The van der Waals surface area contributed by atoms with Crippen molar-refractivity contribution in [3.05, 3.63) is 89.5 Å². The maximum Gasteiger partial charge on any atom is 0.341 e. The maximum absolute atomic E-state index is 14.1. The number of carbonyl (C=O) groups is 1. The number of benzene rings is 2. The molecule has 4 nitrogen and oxygen atoms in total. The third kappa shape index (κ3) is 4.47. The fourth-order valence-corrected chi connectivity index (χ4v) is 2.67. The van der Waals surface area contributed by atoms with Crippen LogP contribution in [0.3, 0.4) is 0 Å². The van der Waals surface area contributed by atoms with Gasteiger partial charge in [0.15, 0.2) is 0 Å². The Morgan fingerprint density at radius 1 is 1.19 bits per heavy atom. The summed E-state index contributed by atoms with van der Waals surface area (Å²) in [6, 6.07) is 12.7. The summed E-state index contributed by atoms with van der Waals surface area (Å²) in [6.45, 7) is 2.30. The number of esters is 1. The van der Waals surface area contributed by atoms with Crippen LogP contribution in [0, 0.1) is 11.6 Å². The minimum absolute atomic E-state index is 0.0488. The SMILES string of the molecule is CCOC(=O)/C(=C/c1cc(F)ccc1F)c1nccn1Cc1ccccc1. The topological polar surface area (TPSA) is 44.1 Å². The van der Waals surface area contributed by atoms with Crippen molar-refractivity contribution in [2.45, 2.75) is 13.5 Å². The number of aromatic nitrogens is 2. The molecular weight excluding hydrogens is 350 g/mol. The number of rotatable bonds is 6. The average molecular weight is 368 g/mol. The molecule has 3 aromatic rings. The zero-order valence-corrected chi connectivity index (χ0v) is 14.7. The molecule has 0 aliphatic carbocycles. The lowest BCUT2D eigenvalue weighted by Gasteiger charge is -2.11. The van der Waals surface area contributed by atoms with E-state index in [9.17, 15) is 13.6 Å². The van der Waals surface area contributed by atoms with Gasteiger partial charge in [-0.1, -0.05) is 30.3 Å². The van der Waals surface area contributed by atoms with E-state index in [2.05, 4.69) is 4.98 Å². The average Bonchev–Trinajstić information content (AvgIpc) is 3.11. The van der Waals surface area contributed by atoms with Crippen molar-refractivity contribution in [2.75, 3.05) is 6.61 Å². The van der Waals surface area contributed by atoms with Crippen LogP contribution in [0.1, 0.15) is 23.9 Å². The first-order valence-corrected chi connectivity index (χ1v) is 8.47. The normalized spacial score (nSPS) is 11.4. The van der Waals surface area contributed by atoms with Crippen LogP contribution in [0.15, 0.2) is 60.9 Å². The first kappa shape index (κ1) is 18.5. The molecular formula is C21H18F2N2O2. The molecule has 0 amide bonds. The second-order valence-electron chi connectivity index (χ2n) is 5.81. The molecule has 0 spiro atoms. The number of carbonyl (C=O) groups excluding carboxylic acids is 1. The van der Waals surface area contributed by atoms with Gasteiger partial charge in [-0.2, -0.15) is 0 Å². The molecule has 0 N–H and O–H groups in total. The fourth-order valence-electron chi connectivity index (χ4n) is 2.67. The molecule has 6 heteroatoms. The highest BCUT2D eigenvalue weighted by atomic mass is 19.1. The second-order valence-corrected chi connectivity index (χ2v) is 5.81. The van der Waals surface area contributed by atoms with Gasteiger partial charge in [0.1, 0.15) is 23.0 Å². The number of imidazole rings is 1. The van der Waals surface area contributed by atoms with Crippen molar-refractivity contribution >= 4 is 17.6 Å². The molecule has 0 saturated heterocycles. The minimum Gasteiger partial charge on any atom is -0.462 e. The Labute approximate surface area is 155 Å². The van der Waals surface area contributed by atoms with Crippen LogP contribution in [0.25, 0.3) is 11.6 Å². The van der Waals surface area contributed by atoms with Gasteiger partial charge in [-0.3, -0.25) is 0 Å². The highest BCUT2D eigenvalue weighted by Crippen LogP contribution is 2.22. The summed E-state index contributed by atoms with van der Waals surface area (Å²) in [5.74, 6) is -1.57. The molecule has 138 valence electrons. The lowest BCUT2D eigenvalue weighted by Crippen LogP contribution is -2.12. The van der Waals surface area contributed by atoms with E-state index >= 15 is 0 Å². The summed E-state index contributed by atoms with van der Waals surface area (Å²) in [5, 5.41) is 0. The third-order valence-corrected chi connectivity index (χ3v) is 3.91. The van der Waals surface area contributed by atoms with E-state index in [1.807, 2.05) is 30.3 Å². The predicted molar refractivity (Wildman–Crippen MR) is 98.6 cm³/mol. The van der Waals surface area contributed by atoms with Crippen LogP contribution in [-0.4, -0.2) is 22.1 Å². The Bertz CT molecular complexity index is 965. The Kier molecular flexibility index (Phi) is 5.76. The van der Waals surface area contributed by atoms with Crippen molar-refractivity contribution in [2.24, 2.45) is 0 Å². The number of nitrogens with zero attached hydrogens (tertiary/aromatic N) is 2. The van der Waals surface area contributed by atoms with E-state index < -0.39 is 17.6 Å². The van der Waals surface area contributed by atoms with E-state index in [0.717, 1.165) is 23.8 Å². The highest BCUT2D eigenvalue weighted by molar-refractivity contribution is 6.20. The van der Waals surface area contributed by atoms with Gasteiger partial charge >= 0.3 is 5.97 Å². The van der Waals surface area contributed by atoms with Crippen molar-refractivity contribution in [1.29, 1.82) is 0 Å². The van der Waals surface area contributed by atoms with Gasteiger partial charge in [0.25, 0.3) is 0 Å². The number of ether oxygens (including phenoxy) is 1. The van der Waals surface area contributed by atoms with Crippen LogP contribution in [0.5, 0.6) is 0 Å². The van der Waals surface area contributed by atoms with Crippen molar-refractivity contribution in [3.63, 3.8) is 0 Å². The van der Waals surface area contributed by atoms with Gasteiger partial charge in [-0.15, -0.1) is 0 Å². The summed E-state index contributed by atoms with van der Waals surface area (Å²) in [4.78, 5) is 16.7. The molecule has 0 aliphatic rings. The summed E-state index contributed by atoms with van der Waals surface area (Å²) in [5.41, 5.74) is 1.02. The first-order chi connectivity index (χ1) is 13.1. The van der Waals surface area contributed by atoms with Gasteiger partial charge in [0.2, 0.25) is 0 Å². The second kappa shape index (κ2) is 8.40. The van der Waals surface area contributed by atoms with Crippen LogP contribution in [0.2, 0.25) is 0 Å². The summed E-state index contributed by atoms with van der Waals surface area (Å²) < 4.78 is 34.5. The molecule has 1 aromatic heterocycles. The molecule has 27 heavy (non-hydrogen) atoms. The van der Waals surface area contributed by atoms with Gasteiger partial charge in [-0.25, -0.2) is 18.6 Å². The lowest BCUT2D eigenvalue weighted by atomic mass is 10.1. The molecule has 0 bridgehead atoms. The van der Waals surface area contributed by atoms with Gasteiger partial charge in [0, 0.05) is 24.5 Å². The Morgan fingerprint density at radius 3 is 2.70 bits per heavy atom. The predicted octanol–water partition coefficient (Wildman–Crippen LogP) is 4.31. The molecule has 3 rings (SSSR count). The summed E-state index contributed by atoms with van der Waals surface area (Å²) >= 11 is 0. The minimum atomic E-state index is -0.651. The smallest absolute Gasteiger partial charge is 0.341 e. The fraction of sp³-hybridized carbons (Fsp3) is 0.143. The number of hydrogen-bond acceptors (Lipinski definition) is 3. The highest BCUT2D eigenvalue weighted by Gasteiger charge is 2.20. The number of hydrogen-bond donors (Lipinski definition) is 0. The number of halogens is 2. The van der Waals surface area contributed by atoms with Gasteiger partial charge in [-0.05, 0) is 36.8 Å². The summed E-state index contributed by atoms with van der Waals surface area (Å²) in [6.07, 6.45) is 4.53. The Hall–Kier alpha value is -3.28. The maximum atomic E-state index is 14.1. The monoisotopic (exact) mass is 368 g/mol. The van der Waals surface area contributed by atoms with Gasteiger partial charge in [0.05, 0.1) is 6.61 Å². The van der Waals surface area contributed by atoms with Crippen molar-refractivity contribution in [3.8, 4) is 0 Å². The Balaban J connectivity index is 2.05. The van der Waals surface area contributed by atoms with Crippen LogP contribution in [0.4, 0.5) is 8.78 Å². The molecule has 2 aromatic carbocycles. The van der Waals surface area contributed by atoms with Crippen LogP contribution >= 0.6 is 0 Å². The van der Waals surface area contributed by atoms with Gasteiger partial charge < -0.3 is 9.30 Å². The van der Waals surface area contributed by atoms with Crippen molar-refractivity contribution in [1.82, 2.24) is 9.55 Å². The molecule has 0 fully saturated rings. The van der Waals surface area contributed by atoms with E-state index in [0.29, 0.717) is 12.4 Å². The van der Waals surface area contributed by atoms with Crippen LogP contribution < -0.4 is 0 Å². The van der Waals surface area contributed by atoms with E-state index in [4.69, 9.17) is 4.74 Å². The first-order valence-electron chi connectivity index (χ1n) is 8.47. The largest absolute Gasteiger partial charge is 0.462 e. The third-order valence-electron chi connectivity index (χ3n) is 3.91. The lowest BCUT2D eigenvalue weighted by molar-refractivity contribution is -0.136. The summed E-state index contributed by atoms with van der Waals surface area (Å²) in [7, 11) is 0. The molecule has 0 radical (unpaired) electrons. The molecule has 1 heterocycles. The zero-order valence-electron chi connectivity index (χ0n) is 14.7. The van der Waals surface area contributed by atoms with Crippen molar-refractivity contribution < 1.29 is 18.3 Å². The Morgan fingerprint density at radius 2 is 1.96 bits per heavy atom. The van der Waals surface area contributed by atoms with E-state index in [1.54, 1.807) is 23.9 Å². The molecule has 0 aliphatic heterocycles. The molecule has 0 unspecified atom stereocenters. The van der Waals surface area contributed by atoms with E-state index in [1.165, 1.54) is 6.08 Å².